The number of hydrogen-bond donors (Lipinski definition) is 2. The first kappa shape index (κ1) is 18.4. The molecule has 1 aliphatic heterocycles. The fourth-order valence-corrected chi connectivity index (χ4v) is 4.23. The average Bonchev–Trinajstić information content (AvgIpc) is 2.65. The Balaban J connectivity index is 1.36. The first-order valence-corrected chi connectivity index (χ1v) is 9.95. The predicted molar refractivity (Wildman–Crippen MR) is 100 cm³/mol. The van der Waals surface area contributed by atoms with Crippen LogP contribution in [0, 0.1) is 5.92 Å². The van der Waals surface area contributed by atoms with E-state index < -0.39 is 6.10 Å². The van der Waals surface area contributed by atoms with Gasteiger partial charge in [0.1, 0.15) is 0 Å². The fourth-order valence-electron chi connectivity index (χ4n) is 4.23. The molecule has 3 rings (SSSR count). The summed E-state index contributed by atoms with van der Waals surface area (Å²) >= 11 is 0. The third kappa shape index (κ3) is 5.82. The second kappa shape index (κ2) is 9.35. The van der Waals surface area contributed by atoms with E-state index >= 15 is 0 Å². The summed E-state index contributed by atoms with van der Waals surface area (Å²) in [6.07, 6.45) is 8.62. The molecule has 1 aromatic carbocycles. The molecule has 1 aliphatic carbocycles. The van der Waals surface area contributed by atoms with Gasteiger partial charge in [0.05, 0.1) is 6.10 Å². The van der Waals surface area contributed by atoms with Crippen molar-refractivity contribution in [3.05, 3.63) is 35.9 Å². The Hall–Kier alpha value is -1.39. The Morgan fingerprint density at radius 3 is 2.44 bits per heavy atom. The molecule has 2 N–H and O–H groups in total. The summed E-state index contributed by atoms with van der Waals surface area (Å²) in [6.45, 7) is 2.56. The number of aliphatic hydroxyl groups excluding tert-OH is 1. The van der Waals surface area contributed by atoms with Gasteiger partial charge < -0.3 is 15.3 Å². The number of amides is 1. The van der Waals surface area contributed by atoms with Gasteiger partial charge in [-0.2, -0.15) is 0 Å². The smallest absolute Gasteiger partial charge is 0.220 e. The first-order chi connectivity index (χ1) is 12.2. The number of carbonyl (C=O) groups excluding carboxylic acids is 1. The van der Waals surface area contributed by atoms with E-state index in [4.69, 9.17) is 0 Å². The van der Waals surface area contributed by atoms with E-state index in [2.05, 4.69) is 10.2 Å². The maximum absolute atomic E-state index is 12.3. The molecule has 1 unspecified atom stereocenters. The number of rotatable bonds is 6. The van der Waals surface area contributed by atoms with Crippen molar-refractivity contribution in [2.45, 2.75) is 63.5 Å². The summed E-state index contributed by atoms with van der Waals surface area (Å²) in [5, 5.41) is 13.6. The van der Waals surface area contributed by atoms with Crippen molar-refractivity contribution in [1.82, 2.24) is 10.2 Å². The van der Waals surface area contributed by atoms with Crippen molar-refractivity contribution in [3.8, 4) is 0 Å². The van der Waals surface area contributed by atoms with Crippen molar-refractivity contribution in [2.75, 3.05) is 19.6 Å². The number of nitrogens with one attached hydrogen (secondary N) is 1. The van der Waals surface area contributed by atoms with Crippen LogP contribution in [0.15, 0.2) is 30.3 Å². The Morgan fingerprint density at radius 1 is 1.08 bits per heavy atom. The molecule has 1 aromatic rings. The fraction of sp³-hybridized carbons (Fsp3) is 0.667. The van der Waals surface area contributed by atoms with Crippen molar-refractivity contribution >= 4 is 5.91 Å². The predicted octanol–water partition coefficient (Wildman–Crippen LogP) is 3.27. The summed E-state index contributed by atoms with van der Waals surface area (Å²) in [5.41, 5.74) is 0.977. The van der Waals surface area contributed by atoms with E-state index in [9.17, 15) is 9.90 Å². The molecule has 0 spiro atoms. The molecule has 2 fully saturated rings. The minimum atomic E-state index is -0.432. The van der Waals surface area contributed by atoms with Crippen LogP contribution in [0.5, 0.6) is 0 Å². The normalized spacial score (nSPS) is 21.8. The molecular formula is C21H32N2O2. The number of carbonyl (C=O) groups is 1. The standard InChI is InChI=1S/C21H32N2O2/c24-20(18-9-5-2-6-10-18)16-23-13-11-19(12-14-23)22-21(25)15-17-7-3-1-4-8-17/h2,5-6,9-10,17,19-20,24H,1,3-4,7-8,11-16H2,(H,22,25). The van der Waals surface area contributed by atoms with Crippen LogP contribution >= 0.6 is 0 Å². The average molecular weight is 344 g/mol. The van der Waals surface area contributed by atoms with Crippen molar-refractivity contribution < 1.29 is 9.90 Å². The van der Waals surface area contributed by atoms with Gasteiger partial charge >= 0.3 is 0 Å². The second-order valence-electron chi connectivity index (χ2n) is 7.78. The van der Waals surface area contributed by atoms with Crippen LogP contribution < -0.4 is 5.32 Å². The molecule has 0 aromatic heterocycles. The molecule has 1 saturated carbocycles. The lowest BCUT2D eigenvalue weighted by Crippen LogP contribution is -2.45. The Bertz CT molecular complexity index is 520. The van der Waals surface area contributed by atoms with Gasteiger partial charge in [-0.3, -0.25) is 4.79 Å². The highest BCUT2D eigenvalue weighted by molar-refractivity contribution is 5.76. The zero-order chi connectivity index (χ0) is 17.5. The summed E-state index contributed by atoms with van der Waals surface area (Å²) in [7, 11) is 0. The summed E-state index contributed by atoms with van der Waals surface area (Å²) in [6, 6.07) is 10.2. The van der Waals surface area contributed by atoms with E-state index in [0.29, 0.717) is 24.9 Å². The van der Waals surface area contributed by atoms with E-state index in [1.807, 2.05) is 30.3 Å². The Morgan fingerprint density at radius 2 is 1.76 bits per heavy atom. The monoisotopic (exact) mass is 344 g/mol. The summed E-state index contributed by atoms with van der Waals surface area (Å²) in [4.78, 5) is 14.6. The minimum absolute atomic E-state index is 0.245. The van der Waals surface area contributed by atoms with Gasteiger partial charge in [0.15, 0.2) is 0 Å². The largest absolute Gasteiger partial charge is 0.387 e. The maximum atomic E-state index is 12.3. The highest BCUT2D eigenvalue weighted by Crippen LogP contribution is 2.26. The summed E-state index contributed by atoms with van der Waals surface area (Å²) < 4.78 is 0. The van der Waals surface area contributed by atoms with Gasteiger partial charge in [0, 0.05) is 32.1 Å². The van der Waals surface area contributed by atoms with E-state index in [1.165, 1.54) is 32.1 Å². The molecule has 1 atom stereocenters. The van der Waals surface area contributed by atoms with E-state index in [1.54, 1.807) is 0 Å². The zero-order valence-electron chi connectivity index (χ0n) is 15.2. The Labute approximate surface area is 151 Å². The molecule has 0 bridgehead atoms. The lowest BCUT2D eigenvalue weighted by atomic mass is 9.86. The molecule has 0 radical (unpaired) electrons. The molecular weight excluding hydrogens is 312 g/mol. The number of β-amino-alcohol motifs (C(OH)–C–C–N with tert-alkyl or cyclic N) is 1. The van der Waals surface area contributed by atoms with Gasteiger partial charge in [-0.05, 0) is 37.2 Å². The first-order valence-electron chi connectivity index (χ1n) is 9.95. The van der Waals surface area contributed by atoms with Gasteiger partial charge in [0.25, 0.3) is 0 Å². The third-order valence-corrected chi connectivity index (χ3v) is 5.77. The van der Waals surface area contributed by atoms with E-state index in [0.717, 1.165) is 31.5 Å². The zero-order valence-corrected chi connectivity index (χ0v) is 15.2. The van der Waals surface area contributed by atoms with Crippen LogP contribution in [-0.2, 0) is 4.79 Å². The highest BCUT2D eigenvalue weighted by Gasteiger charge is 2.24. The second-order valence-corrected chi connectivity index (χ2v) is 7.78. The SMILES string of the molecule is O=C(CC1CCCCC1)NC1CCN(CC(O)c2ccccc2)CC1. The van der Waals surface area contributed by atoms with Crippen LogP contribution in [-0.4, -0.2) is 41.6 Å². The molecule has 1 amide bonds. The molecule has 1 saturated heterocycles. The maximum Gasteiger partial charge on any atom is 0.220 e. The van der Waals surface area contributed by atoms with Crippen LogP contribution in [0.25, 0.3) is 0 Å². The van der Waals surface area contributed by atoms with E-state index in [-0.39, 0.29) is 5.91 Å². The topological polar surface area (TPSA) is 52.6 Å². The number of piperidine rings is 1. The number of benzene rings is 1. The molecule has 4 nitrogen and oxygen atoms in total. The number of likely N-dealkylation sites (tertiary alicyclic amines) is 1. The number of hydrogen-bond acceptors (Lipinski definition) is 3. The lowest BCUT2D eigenvalue weighted by Gasteiger charge is -2.34. The van der Waals surface area contributed by atoms with Crippen LogP contribution in [0.3, 0.4) is 0 Å². The molecule has 25 heavy (non-hydrogen) atoms. The third-order valence-electron chi connectivity index (χ3n) is 5.77. The quantitative estimate of drug-likeness (QED) is 0.833. The summed E-state index contributed by atoms with van der Waals surface area (Å²) in [5.74, 6) is 0.851. The molecule has 1 heterocycles. The molecule has 138 valence electrons. The lowest BCUT2D eigenvalue weighted by molar-refractivity contribution is -0.123. The Kier molecular flexibility index (Phi) is 6.88. The van der Waals surface area contributed by atoms with Crippen molar-refractivity contribution in [3.63, 3.8) is 0 Å². The molecule has 2 aliphatic rings. The van der Waals surface area contributed by atoms with Gasteiger partial charge in [-0.25, -0.2) is 0 Å². The highest BCUT2D eigenvalue weighted by atomic mass is 16.3. The molecule has 4 heteroatoms. The van der Waals surface area contributed by atoms with Crippen molar-refractivity contribution in [2.24, 2.45) is 5.92 Å². The number of nitrogens with zero attached hydrogens (tertiary/aromatic N) is 1. The van der Waals surface area contributed by atoms with Crippen LogP contribution in [0.4, 0.5) is 0 Å². The van der Waals surface area contributed by atoms with Gasteiger partial charge in [-0.15, -0.1) is 0 Å². The number of aliphatic hydroxyl groups is 1. The van der Waals surface area contributed by atoms with Gasteiger partial charge in [0.2, 0.25) is 5.91 Å². The van der Waals surface area contributed by atoms with Crippen LogP contribution in [0.2, 0.25) is 0 Å². The minimum Gasteiger partial charge on any atom is -0.387 e. The van der Waals surface area contributed by atoms with Gasteiger partial charge in [-0.1, -0.05) is 49.6 Å². The van der Waals surface area contributed by atoms with Crippen molar-refractivity contribution in [1.29, 1.82) is 0 Å². The van der Waals surface area contributed by atoms with Crippen LogP contribution in [0.1, 0.15) is 63.0 Å².